The third-order valence-corrected chi connectivity index (χ3v) is 10.4. The average Bonchev–Trinajstić information content (AvgIpc) is 2.66. The first-order valence-corrected chi connectivity index (χ1v) is 13.6. The largest absolute Gasteiger partial charge is 0.508 e. The minimum atomic E-state index is -2.00. The molecule has 1 aromatic carbocycles. The molecule has 0 aliphatic carbocycles. The van der Waals surface area contributed by atoms with E-state index in [2.05, 4.69) is 71.5 Å². The van der Waals surface area contributed by atoms with Crippen LogP contribution in [0, 0.1) is 0 Å². The molecule has 1 aromatic rings. The number of carbonyl (C=O) groups is 1. The van der Waals surface area contributed by atoms with E-state index in [9.17, 15) is 4.79 Å². The fourth-order valence-electron chi connectivity index (χ4n) is 2.77. The Morgan fingerprint density at radius 3 is 2.16 bits per heavy atom. The summed E-state index contributed by atoms with van der Waals surface area (Å²) in [6.45, 7) is 17.7. The van der Waals surface area contributed by atoms with Gasteiger partial charge in [0.1, 0.15) is 11.9 Å². The number of hydrogen-bond donors (Lipinski definition) is 0. The molecule has 0 radical (unpaired) electrons. The van der Waals surface area contributed by atoms with Crippen molar-refractivity contribution >= 4 is 14.5 Å². The summed E-state index contributed by atoms with van der Waals surface area (Å²) < 4.78 is 28.4. The van der Waals surface area contributed by atoms with Crippen molar-refractivity contribution in [1.82, 2.24) is 0 Å². The van der Waals surface area contributed by atoms with E-state index in [1.165, 1.54) is 12.7 Å². The van der Waals surface area contributed by atoms with E-state index in [-0.39, 0.29) is 10.5 Å². The van der Waals surface area contributed by atoms with E-state index >= 15 is 0 Å². The molecule has 2 rings (SSSR count). The van der Waals surface area contributed by atoms with Crippen LogP contribution in [0.15, 0.2) is 36.4 Å². The Balaban J connectivity index is 2.11. The second kappa shape index (κ2) is 9.75. The Morgan fingerprint density at radius 2 is 1.65 bits per heavy atom. The molecule has 0 saturated heterocycles. The highest BCUT2D eigenvalue weighted by molar-refractivity contribution is 6.74. The van der Waals surface area contributed by atoms with Gasteiger partial charge < -0.3 is 23.4 Å². The van der Waals surface area contributed by atoms with Gasteiger partial charge in [0.2, 0.25) is 6.29 Å². The normalized spacial score (nSPS) is 22.2. The third kappa shape index (κ3) is 7.09. The Bertz CT molecular complexity index is 758. The predicted molar refractivity (Wildman–Crippen MR) is 124 cm³/mol. The van der Waals surface area contributed by atoms with Gasteiger partial charge >= 0.3 is 6.16 Å². The van der Waals surface area contributed by atoms with Gasteiger partial charge in [-0.15, -0.1) is 0 Å². The molecule has 0 spiro atoms. The maximum Gasteiger partial charge on any atom is 0.508 e. The first kappa shape index (κ1) is 25.4. The number of rotatable bonds is 6. The zero-order chi connectivity index (χ0) is 23.4. The third-order valence-electron chi connectivity index (χ3n) is 5.92. The standard InChI is InChI=1S/C24H38O6Si/c1-23(2,3)17-10-12-18(13-11-17)28-21-15-14-19(30-22(25)26-7)20(29-21)16-27-31(8,9)24(4,5)6/h10-15,19-21H,16H2,1-9H3/t19-,20+,21-/m0/s1. The van der Waals surface area contributed by atoms with Crippen LogP contribution >= 0.6 is 0 Å². The van der Waals surface area contributed by atoms with Crippen LogP contribution in [0.2, 0.25) is 18.1 Å². The van der Waals surface area contributed by atoms with E-state index in [1.54, 1.807) is 12.2 Å². The summed E-state index contributed by atoms with van der Waals surface area (Å²) in [5.74, 6) is 0.707. The predicted octanol–water partition coefficient (Wildman–Crippen LogP) is 5.82. The van der Waals surface area contributed by atoms with Gasteiger partial charge in [-0.05, 0) is 53.4 Å². The first-order valence-electron chi connectivity index (χ1n) is 10.7. The molecule has 31 heavy (non-hydrogen) atoms. The highest BCUT2D eigenvalue weighted by Crippen LogP contribution is 2.37. The van der Waals surface area contributed by atoms with Crippen molar-refractivity contribution in [3.63, 3.8) is 0 Å². The Kier molecular flexibility index (Phi) is 8.00. The van der Waals surface area contributed by atoms with Gasteiger partial charge in [-0.25, -0.2) is 4.79 Å². The molecule has 3 atom stereocenters. The first-order chi connectivity index (χ1) is 14.2. The lowest BCUT2D eigenvalue weighted by Crippen LogP contribution is -2.48. The van der Waals surface area contributed by atoms with Gasteiger partial charge in [-0.2, -0.15) is 0 Å². The number of methoxy groups -OCH3 is 1. The highest BCUT2D eigenvalue weighted by atomic mass is 28.4. The molecular formula is C24H38O6Si. The minimum Gasteiger partial charge on any atom is -0.461 e. The van der Waals surface area contributed by atoms with E-state index < -0.39 is 33.0 Å². The molecule has 0 N–H and O–H groups in total. The summed E-state index contributed by atoms with van der Waals surface area (Å²) in [5, 5.41) is 0.0565. The van der Waals surface area contributed by atoms with Crippen molar-refractivity contribution in [1.29, 1.82) is 0 Å². The SMILES string of the molecule is COC(=O)O[C@H]1C=C[C@@H](Oc2ccc(C(C)(C)C)cc2)O[C@@H]1CO[Si](C)(C)C(C)(C)C. The Hall–Kier alpha value is -1.83. The van der Waals surface area contributed by atoms with Crippen LogP contribution < -0.4 is 4.74 Å². The fraction of sp³-hybridized carbons (Fsp3) is 0.625. The van der Waals surface area contributed by atoms with Crippen LogP contribution in [0.5, 0.6) is 5.75 Å². The number of ether oxygens (including phenoxy) is 4. The fourth-order valence-corrected chi connectivity index (χ4v) is 3.78. The minimum absolute atomic E-state index is 0.0565. The highest BCUT2D eigenvalue weighted by Gasteiger charge is 2.40. The summed E-state index contributed by atoms with van der Waals surface area (Å²) in [6, 6.07) is 8.00. The molecule has 1 heterocycles. The summed E-state index contributed by atoms with van der Waals surface area (Å²) >= 11 is 0. The lowest BCUT2D eigenvalue weighted by Gasteiger charge is -2.39. The lowest BCUT2D eigenvalue weighted by molar-refractivity contribution is -0.145. The zero-order valence-electron chi connectivity index (χ0n) is 20.4. The average molecular weight is 451 g/mol. The van der Waals surface area contributed by atoms with Crippen molar-refractivity contribution in [2.24, 2.45) is 0 Å². The van der Waals surface area contributed by atoms with Crippen LogP contribution in [0.1, 0.15) is 47.1 Å². The smallest absolute Gasteiger partial charge is 0.461 e. The quantitative estimate of drug-likeness (QED) is 0.309. The topological polar surface area (TPSA) is 63.2 Å². The van der Waals surface area contributed by atoms with Crippen LogP contribution in [-0.4, -0.2) is 46.7 Å². The molecule has 6 nitrogen and oxygen atoms in total. The Labute approximate surface area is 188 Å². The summed E-state index contributed by atoms with van der Waals surface area (Å²) in [4.78, 5) is 11.7. The van der Waals surface area contributed by atoms with E-state index in [0.717, 1.165) is 0 Å². The van der Waals surface area contributed by atoms with Crippen LogP contribution in [0.25, 0.3) is 0 Å². The molecule has 1 aliphatic rings. The second-order valence-corrected chi connectivity index (χ2v) is 15.2. The van der Waals surface area contributed by atoms with Crippen molar-refractivity contribution in [3.05, 3.63) is 42.0 Å². The van der Waals surface area contributed by atoms with Crippen molar-refractivity contribution in [3.8, 4) is 5.75 Å². The van der Waals surface area contributed by atoms with Crippen molar-refractivity contribution < 1.29 is 28.2 Å². The molecule has 1 aliphatic heterocycles. The molecule has 0 saturated carbocycles. The number of carbonyl (C=O) groups excluding carboxylic acids is 1. The molecular weight excluding hydrogens is 412 g/mol. The molecule has 0 fully saturated rings. The summed E-state index contributed by atoms with van der Waals surface area (Å²) in [7, 11) is -0.722. The molecule has 0 unspecified atom stereocenters. The lowest BCUT2D eigenvalue weighted by atomic mass is 9.87. The van der Waals surface area contributed by atoms with Crippen LogP contribution in [0.4, 0.5) is 4.79 Å². The van der Waals surface area contributed by atoms with E-state index in [1.807, 2.05) is 12.1 Å². The molecule has 0 amide bonds. The van der Waals surface area contributed by atoms with Gasteiger partial charge in [-0.3, -0.25) is 0 Å². The van der Waals surface area contributed by atoms with E-state index in [0.29, 0.717) is 12.4 Å². The van der Waals surface area contributed by atoms with Crippen molar-refractivity contribution in [2.45, 2.75) is 83.6 Å². The van der Waals surface area contributed by atoms with Gasteiger partial charge in [-0.1, -0.05) is 53.7 Å². The number of hydrogen-bond acceptors (Lipinski definition) is 6. The van der Waals surface area contributed by atoms with Gasteiger partial charge in [0.25, 0.3) is 0 Å². The van der Waals surface area contributed by atoms with Crippen LogP contribution in [0.3, 0.4) is 0 Å². The maximum absolute atomic E-state index is 11.7. The summed E-state index contributed by atoms with van der Waals surface area (Å²) in [6.07, 6.45) is 1.04. The molecule has 0 aromatic heterocycles. The maximum atomic E-state index is 11.7. The monoisotopic (exact) mass is 450 g/mol. The van der Waals surface area contributed by atoms with E-state index in [4.69, 9.17) is 18.6 Å². The molecule has 0 bridgehead atoms. The zero-order valence-corrected chi connectivity index (χ0v) is 21.4. The van der Waals surface area contributed by atoms with Gasteiger partial charge in [0.05, 0.1) is 13.7 Å². The Morgan fingerprint density at radius 1 is 1.03 bits per heavy atom. The van der Waals surface area contributed by atoms with Crippen molar-refractivity contribution in [2.75, 3.05) is 13.7 Å². The second-order valence-electron chi connectivity index (χ2n) is 10.4. The number of benzene rings is 1. The molecule has 7 heteroatoms. The molecule has 174 valence electrons. The van der Waals surface area contributed by atoms with Gasteiger partial charge in [0.15, 0.2) is 14.4 Å². The van der Waals surface area contributed by atoms with Crippen LogP contribution in [-0.2, 0) is 24.1 Å². The van der Waals surface area contributed by atoms with Gasteiger partial charge in [0, 0.05) is 0 Å². The summed E-state index contributed by atoms with van der Waals surface area (Å²) in [5.41, 5.74) is 1.30.